The van der Waals surface area contributed by atoms with Gasteiger partial charge in [-0.05, 0) is 42.7 Å². The Hall–Kier alpha value is -1.49. The quantitative estimate of drug-likeness (QED) is 0.580. The number of aromatic nitrogens is 1. The van der Waals surface area contributed by atoms with Crippen molar-refractivity contribution in [3.05, 3.63) is 75.0 Å². The van der Waals surface area contributed by atoms with E-state index in [1.54, 1.807) is 11.3 Å². The molecule has 4 heteroatoms. The molecule has 2 aromatic carbocycles. The van der Waals surface area contributed by atoms with Gasteiger partial charge >= 0.3 is 0 Å². The predicted molar refractivity (Wildman–Crippen MR) is 108 cm³/mol. The Balaban J connectivity index is 1.85. The molecule has 3 aromatic rings. The average Bonchev–Trinajstić information content (AvgIpc) is 3.25. The third-order valence-electron chi connectivity index (χ3n) is 5.84. The lowest BCUT2D eigenvalue weighted by molar-refractivity contribution is 0.686. The largest absolute Gasteiger partial charge is 0.244 e. The molecule has 0 spiro atoms. The van der Waals surface area contributed by atoms with Crippen molar-refractivity contribution in [1.82, 2.24) is 4.98 Å². The highest BCUT2D eigenvalue weighted by Gasteiger charge is 2.60. The number of thiazole rings is 1. The van der Waals surface area contributed by atoms with E-state index in [1.807, 2.05) is 29.0 Å². The lowest BCUT2D eigenvalue weighted by Gasteiger charge is -2.43. The summed E-state index contributed by atoms with van der Waals surface area (Å²) in [6.45, 7) is 4.86. The Morgan fingerprint density at radius 2 is 1.32 bits per heavy atom. The first-order chi connectivity index (χ1) is 12.1. The van der Waals surface area contributed by atoms with Gasteiger partial charge in [0.25, 0.3) is 0 Å². The highest BCUT2D eigenvalue weighted by molar-refractivity contribution is 8.06. The average molecular weight is 378 g/mol. The van der Waals surface area contributed by atoms with Crippen molar-refractivity contribution in [3.63, 3.8) is 0 Å². The number of benzene rings is 2. The van der Waals surface area contributed by atoms with Gasteiger partial charge in [0, 0.05) is 15.4 Å². The summed E-state index contributed by atoms with van der Waals surface area (Å²) >= 11 is 5.85. The fourth-order valence-electron chi connectivity index (χ4n) is 4.55. The predicted octanol–water partition coefficient (Wildman–Crippen LogP) is 4.28. The van der Waals surface area contributed by atoms with E-state index in [-0.39, 0.29) is 9.49 Å². The maximum atomic E-state index is 4.85. The van der Waals surface area contributed by atoms with E-state index in [2.05, 4.69) is 62.4 Å². The molecule has 1 aromatic heterocycles. The van der Waals surface area contributed by atoms with Crippen LogP contribution in [0.1, 0.15) is 25.0 Å². The molecule has 0 bridgehead atoms. The number of hydrogen-bond acceptors (Lipinski definition) is 4. The Morgan fingerprint density at radius 3 is 2.00 bits per heavy atom. The van der Waals surface area contributed by atoms with Crippen LogP contribution in [0.15, 0.2) is 63.8 Å². The van der Waals surface area contributed by atoms with Crippen LogP contribution in [0.4, 0.5) is 0 Å². The van der Waals surface area contributed by atoms with Crippen LogP contribution >= 0.6 is 34.9 Å². The molecule has 1 nitrogen and oxygen atoms in total. The Labute approximate surface area is 158 Å². The summed E-state index contributed by atoms with van der Waals surface area (Å²) in [5.41, 5.74) is 7.71. The summed E-state index contributed by atoms with van der Waals surface area (Å²) in [6.07, 6.45) is 0. The monoisotopic (exact) mass is 377 g/mol. The normalized spacial score (nSPS) is 28.2. The Bertz CT molecular complexity index is 1100. The molecule has 3 aliphatic rings. The van der Waals surface area contributed by atoms with Crippen molar-refractivity contribution >= 4 is 46.0 Å². The molecule has 0 amide bonds. The maximum Gasteiger partial charge on any atom is 0.0868 e. The van der Waals surface area contributed by atoms with Gasteiger partial charge in [-0.25, -0.2) is 4.98 Å². The zero-order valence-electron chi connectivity index (χ0n) is 13.9. The van der Waals surface area contributed by atoms with Crippen molar-refractivity contribution in [2.24, 2.45) is 0 Å². The number of fused-ring (bicyclic) bond motifs is 8. The minimum Gasteiger partial charge on any atom is -0.244 e. The molecule has 2 atom stereocenters. The molecule has 25 heavy (non-hydrogen) atoms. The summed E-state index contributed by atoms with van der Waals surface area (Å²) in [6, 6.07) is 17.7. The van der Waals surface area contributed by atoms with Gasteiger partial charge in [-0.3, -0.25) is 0 Å². The summed E-state index contributed by atoms with van der Waals surface area (Å²) < 4.78 is 1.36. The first-order valence-electron chi connectivity index (χ1n) is 8.39. The van der Waals surface area contributed by atoms with E-state index >= 15 is 0 Å². The van der Waals surface area contributed by atoms with Crippen molar-refractivity contribution < 1.29 is 0 Å². The van der Waals surface area contributed by atoms with Crippen LogP contribution in [-0.2, 0) is 0 Å². The molecule has 0 radical (unpaired) electrons. The third kappa shape index (κ3) is 1.58. The fourth-order valence-corrected chi connectivity index (χ4v) is 8.77. The molecule has 0 saturated carbocycles. The van der Waals surface area contributed by atoms with Gasteiger partial charge in [0.1, 0.15) is 0 Å². The molecule has 0 fully saturated rings. The summed E-state index contributed by atoms with van der Waals surface area (Å²) in [7, 11) is 0. The number of thioether (sulfide) groups is 2. The highest BCUT2D eigenvalue weighted by atomic mass is 32.2. The summed E-state index contributed by atoms with van der Waals surface area (Å²) in [5.74, 6) is 0. The fraction of sp³-hybridized carbons (Fsp3) is 0.190. The molecule has 0 N–H and O–H groups in total. The van der Waals surface area contributed by atoms with Gasteiger partial charge in [-0.1, -0.05) is 36.4 Å². The SMILES string of the molecule is CC12Sc3ccccc3C1=c1ncsc1=C1c3ccccc3SC12C. The van der Waals surface area contributed by atoms with Crippen molar-refractivity contribution in [2.75, 3.05) is 0 Å². The van der Waals surface area contributed by atoms with Gasteiger partial charge in [0.05, 0.1) is 24.9 Å². The molecular formula is C21H15NS3. The second-order valence-electron chi connectivity index (χ2n) is 7.04. The Morgan fingerprint density at radius 1 is 0.760 bits per heavy atom. The highest BCUT2D eigenvalue weighted by Crippen LogP contribution is 2.67. The minimum absolute atomic E-state index is 0.00917. The molecule has 2 aliphatic heterocycles. The molecule has 6 rings (SSSR count). The lowest BCUT2D eigenvalue weighted by Crippen LogP contribution is -2.53. The molecule has 0 saturated heterocycles. The minimum atomic E-state index is -0.0171. The molecule has 1 aliphatic carbocycles. The second kappa shape index (κ2) is 4.61. The lowest BCUT2D eigenvalue weighted by atomic mass is 9.75. The maximum absolute atomic E-state index is 4.85. The molecule has 2 unspecified atom stereocenters. The van der Waals surface area contributed by atoms with Crippen LogP contribution in [0.3, 0.4) is 0 Å². The van der Waals surface area contributed by atoms with Crippen LogP contribution in [0.5, 0.6) is 0 Å². The summed E-state index contributed by atoms with van der Waals surface area (Å²) in [5, 5.41) is 1.20. The van der Waals surface area contributed by atoms with Gasteiger partial charge in [-0.2, -0.15) is 0 Å². The van der Waals surface area contributed by atoms with Gasteiger partial charge < -0.3 is 0 Å². The van der Waals surface area contributed by atoms with Gasteiger partial charge in [0.2, 0.25) is 0 Å². The molecule has 122 valence electrons. The van der Waals surface area contributed by atoms with E-state index in [1.165, 1.54) is 41.9 Å². The zero-order chi connectivity index (χ0) is 16.8. The van der Waals surface area contributed by atoms with E-state index < -0.39 is 0 Å². The number of rotatable bonds is 0. The molecular weight excluding hydrogens is 362 g/mol. The number of nitrogens with zero attached hydrogens (tertiary/aromatic N) is 1. The number of hydrogen-bond donors (Lipinski definition) is 0. The first-order valence-corrected chi connectivity index (χ1v) is 10.9. The van der Waals surface area contributed by atoms with Crippen molar-refractivity contribution in [3.8, 4) is 0 Å². The first kappa shape index (κ1) is 14.7. The van der Waals surface area contributed by atoms with Crippen LogP contribution in [-0.4, -0.2) is 14.5 Å². The standard InChI is InChI=1S/C21H15NS3/c1-20-16(12-7-3-5-9-14(12)24-20)18-19(23-11-22-18)17-13-8-4-6-10-15(13)25-21(17,20)2/h3-11H,1-2H3. The van der Waals surface area contributed by atoms with E-state index in [0.717, 1.165) is 0 Å². The topological polar surface area (TPSA) is 12.9 Å². The van der Waals surface area contributed by atoms with Crippen LogP contribution in [0, 0.1) is 0 Å². The van der Waals surface area contributed by atoms with Crippen LogP contribution in [0.25, 0.3) is 11.1 Å². The second-order valence-corrected chi connectivity index (χ2v) is 10.8. The smallest absolute Gasteiger partial charge is 0.0868 e. The van der Waals surface area contributed by atoms with Crippen LogP contribution in [0.2, 0.25) is 0 Å². The Kier molecular flexibility index (Phi) is 2.70. The van der Waals surface area contributed by atoms with Crippen LogP contribution < -0.4 is 9.88 Å². The van der Waals surface area contributed by atoms with Gasteiger partial charge in [-0.15, -0.1) is 34.9 Å². The van der Waals surface area contributed by atoms with Crippen molar-refractivity contribution in [2.45, 2.75) is 33.1 Å². The van der Waals surface area contributed by atoms with E-state index in [0.29, 0.717) is 0 Å². The van der Waals surface area contributed by atoms with Gasteiger partial charge in [0.15, 0.2) is 0 Å². The van der Waals surface area contributed by atoms with E-state index in [9.17, 15) is 0 Å². The summed E-state index contributed by atoms with van der Waals surface area (Å²) in [4.78, 5) is 7.63. The molecule has 3 heterocycles. The third-order valence-corrected chi connectivity index (χ3v) is 10.0. The van der Waals surface area contributed by atoms with E-state index in [4.69, 9.17) is 4.98 Å². The zero-order valence-corrected chi connectivity index (χ0v) is 16.3. The van der Waals surface area contributed by atoms with Crippen molar-refractivity contribution in [1.29, 1.82) is 0 Å².